The minimum Gasteiger partial charge on any atom is -0.125 e. The summed E-state index contributed by atoms with van der Waals surface area (Å²) in [4.78, 5) is 0. The molecule has 56 valence electrons. The van der Waals surface area contributed by atoms with E-state index in [0.717, 1.165) is 12.3 Å². The molecule has 0 saturated heterocycles. The molecule has 0 radical (unpaired) electrons. The molecule has 0 aliphatic heterocycles. The maximum absolute atomic E-state index is 3.18. The highest BCUT2D eigenvalue weighted by Crippen LogP contribution is 2.39. The van der Waals surface area contributed by atoms with Crippen molar-refractivity contribution in [3.63, 3.8) is 0 Å². The second kappa shape index (κ2) is 2.25. The zero-order valence-corrected chi connectivity index (χ0v) is 7.02. The van der Waals surface area contributed by atoms with Crippen LogP contribution in [0.1, 0.15) is 20.3 Å². The van der Waals surface area contributed by atoms with Gasteiger partial charge in [0, 0.05) is 5.92 Å². The van der Waals surface area contributed by atoms with E-state index in [1.165, 1.54) is 11.1 Å². The Labute approximate surface area is 67.6 Å². The second-order valence-electron chi connectivity index (χ2n) is 3.29. The van der Waals surface area contributed by atoms with Crippen LogP contribution in [-0.4, -0.2) is 0 Å². The highest BCUT2D eigenvalue weighted by atomic mass is 14.3. The molecule has 0 saturated carbocycles. The van der Waals surface area contributed by atoms with Gasteiger partial charge in [0.05, 0.1) is 0 Å². The van der Waals surface area contributed by atoms with Gasteiger partial charge in [0.2, 0.25) is 0 Å². The first-order chi connectivity index (χ1) is 5.29. The van der Waals surface area contributed by atoms with Gasteiger partial charge < -0.3 is 0 Å². The third kappa shape index (κ3) is 1.10. The Morgan fingerprint density at radius 2 is 2.27 bits per heavy atom. The first-order valence-electron chi connectivity index (χ1n) is 4.09. The molecule has 1 atom stereocenters. The van der Waals surface area contributed by atoms with Gasteiger partial charge in [0.1, 0.15) is 0 Å². The number of hydrogen-bond donors (Lipinski definition) is 0. The maximum atomic E-state index is 3.18. The largest absolute Gasteiger partial charge is 0.125 e. The van der Waals surface area contributed by atoms with E-state index >= 15 is 0 Å². The molecule has 0 N–H and O–H groups in total. The van der Waals surface area contributed by atoms with Crippen LogP contribution in [0.15, 0.2) is 40.7 Å². The fraction of sp³-hybridized carbons (Fsp3) is 0.364. The molecule has 11 heavy (non-hydrogen) atoms. The lowest BCUT2D eigenvalue weighted by Gasteiger charge is -2.02. The predicted octanol–water partition coefficient (Wildman–Crippen LogP) is 2.99. The Morgan fingerprint density at radius 3 is 3.09 bits per heavy atom. The van der Waals surface area contributed by atoms with Crippen molar-refractivity contribution in [1.82, 2.24) is 0 Å². The number of hydrogen-bond acceptors (Lipinski definition) is 0. The molecule has 0 aromatic heterocycles. The van der Waals surface area contributed by atoms with E-state index in [1.807, 2.05) is 0 Å². The summed E-state index contributed by atoms with van der Waals surface area (Å²) in [5.41, 5.74) is 7.55. The maximum Gasteiger partial charge on any atom is 0.00644 e. The van der Waals surface area contributed by atoms with Crippen molar-refractivity contribution in [2.45, 2.75) is 20.3 Å². The minimum atomic E-state index is 0.742. The summed E-state index contributed by atoms with van der Waals surface area (Å²) in [6.07, 6.45) is 7.70. The third-order valence-corrected chi connectivity index (χ3v) is 2.49. The van der Waals surface area contributed by atoms with Gasteiger partial charge in [0.15, 0.2) is 0 Å². The molecule has 0 spiro atoms. The highest BCUT2D eigenvalue weighted by Gasteiger charge is 2.25. The minimum absolute atomic E-state index is 0.742. The van der Waals surface area contributed by atoms with Gasteiger partial charge in [-0.15, -0.1) is 5.73 Å². The van der Waals surface area contributed by atoms with Gasteiger partial charge in [-0.25, -0.2) is 0 Å². The summed E-state index contributed by atoms with van der Waals surface area (Å²) in [6, 6.07) is 0. The summed E-state index contributed by atoms with van der Waals surface area (Å²) in [7, 11) is 0. The molecule has 2 rings (SSSR count). The molecular weight excluding hydrogens is 132 g/mol. The van der Waals surface area contributed by atoms with Crippen molar-refractivity contribution in [1.29, 1.82) is 0 Å². The summed E-state index contributed by atoms with van der Waals surface area (Å²) in [5, 5.41) is 0. The van der Waals surface area contributed by atoms with Crippen LogP contribution in [0, 0.1) is 5.92 Å². The fourth-order valence-corrected chi connectivity index (χ4v) is 1.48. The molecule has 2 aliphatic carbocycles. The first kappa shape index (κ1) is 6.69. The van der Waals surface area contributed by atoms with Crippen molar-refractivity contribution in [3.8, 4) is 0 Å². The number of rotatable bonds is 0. The molecule has 0 heteroatoms. The van der Waals surface area contributed by atoms with E-state index in [-0.39, 0.29) is 0 Å². The van der Waals surface area contributed by atoms with E-state index in [9.17, 15) is 0 Å². The Hall–Kier alpha value is -1.00. The molecular formula is C11H12. The van der Waals surface area contributed by atoms with Crippen LogP contribution in [-0.2, 0) is 0 Å². The first-order valence-corrected chi connectivity index (χ1v) is 4.09. The lowest BCUT2D eigenvalue weighted by atomic mass is 10.0. The van der Waals surface area contributed by atoms with E-state index in [0.29, 0.717) is 0 Å². The smallest absolute Gasteiger partial charge is 0.00644 e. The monoisotopic (exact) mass is 144 g/mol. The van der Waals surface area contributed by atoms with Crippen LogP contribution in [0.4, 0.5) is 0 Å². The van der Waals surface area contributed by atoms with E-state index in [1.54, 1.807) is 5.57 Å². The van der Waals surface area contributed by atoms with Gasteiger partial charge in [-0.05, 0) is 49.1 Å². The van der Waals surface area contributed by atoms with E-state index < -0.39 is 0 Å². The zero-order valence-electron chi connectivity index (χ0n) is 7.02. The molecule has 0 aromatic rings. The average molecular weight is 144 g/mol. The SMILES string of the molecule is CC1=C(C)C2=CC2CC=C=C1. The van der Waals surface area contributed by atoms with Crippen molar-refractivity contribution >= 4 is 0 Å². The fourth-order valence-electron chi connectivity index (χ4n) is 1.48. The molecule has 1 unspecified atom stereocenters. The summed E-state index contributed by atoms with van der Waals surface area (Å²) >= 11 is 0. The predicted molar refractivity (Wildman–Crippen MR) is 47.2 cm³/mol. The summed E-state index contributed by atoms with van der Waals surface area (Å²) in [5.74, 6) is 0.742. The lowest BCUT2D eigenvalue weighted by Crippen LogP contribution is -1.86. The third-order valence-electron chi connectivity index (χ3n) is 2.49. The lowest BCUT2D eigenvalue weighted by molar-refractivity contribution is 0.905. The Morgan fingerprint density at radius 1 is 1.45 bits per heavy atom. The van der Waals surface area contributed by atoms with E-state index in [4.69, 9.17) is 0 Å². The summed E-state index contributed by atoms with van der Waals surface area (Å²) in [6.45, 7) is 4.35. The zero-order chi connectivity index (χ0) is 7.84. The Balaban J connectivity index is 2.41. The molecule has 2 aliphatic rings. The quantitative estimate of drug-likeness (QED) is 0.458. The van der Waals surface area contributed by atoms with Gasteiger partial charge in [-0.3, -0.25) is 0 Å². The van der Waals surface area contributed by atoms with Crippen LogP contribution in [0.3, 0.4) is 0 Å². The Kier molecular flexibility index (Phi) is 1.37. The van der Waals surface area contributed by atoms with Gasteiger partial charge in [0.25, 0.3) is 0 Å². The van der Waals surface area contributed by atoms with Gasteiger partial charge >= 0.3 is 0 Å². The van der Waals surface area contributed by atoms with Crippen molar-refractivity contribution < 1.29 is 0 Å². The number of allylic oxidation sites excluding steroid dienone is 5. The molecule has 0 bridgehead atoms. The van der Waals surface area contributed by atoms with Crippen LogP contribution in [0.5, 0.6) is 0 Å². The number of fused-ring (bicyclic) bond motifs is 1. The van der Waals surface area contributed by atoms with Crippen LogP contribution < -0.4 is 0 Å². The normalized spacial score (nSPS) is 27.5. The molecule has 0 heterocycles. The molecule has 0 amide bonds. The molecule has 0 nitrogen and oxygen atoms in total. The van der Waals surface area contributed by atoms with Gasteiger partial charge in [-0.1, -0.05) is 6.08 Å². The topological polar surface area (TPSA) is 0 Å². The van der Waals surface area contributed by atoms with Crippen LogP contribution >= 0.6 is 0 Å². The van der Waals surface area contributed by atoms with E-state index in [2.05, 4.69) is 37.8 Å². The van der Waals surface area contributed by atoms with Crippen molar-refractivity contribution in [3.05, 3.63) is 40.7 Å². The van der Waals surface area contributed by atoms with Crippen LogP contribution in [0.2, 0.25) is 0 Å². The van der Waals surface area contributed by atoms with Crippen molar-refractivity contribution in [2.24, 2.45) is 5.92 Å². The van der Waals surface area contributed by atoms with Gasteiger partial charge in [-0.2, -0.15) is 0 Å². The standard InChI is InChI=1S/C11H12/c1-8-5-3-4-6-10-7-11(10)9(8)2/h4-5,7,10H,6H2,1-2H3. The molecule has 0 aromatic carbocycles. The summed E-state index contributed by atoms with van der Waals surface area (Å²) < 4.78 is 0. The van der Waals surface area contributed by atoms with Crippen LogP contribution in [0.25, 0.3) is 0 Å². The molecule has 0 fully saturated rings. The highest BCUT2D eigenvalue weighted by molar-refractivity contribution is 5.50. The van der Waals surface area contributed by atoms with Crippen molar-refractivity contribution in [2.75, 3.05) is 0 Å². The Bertz CT molecular complexity index is 297. The second-order valence-corrected chi connectivity index (χ2v) is 3.29. The average Bonchev–Trinajstić information content (AvgIpc) is 2.73.